The van der Waals surface area contributed by atoms with Gasteiger partial charge in [-0.15, -0.1) is 0 Å². The van der Waals surface area contributed by atoms with Gasteiger partial charge in [0, 0.05) is 44.8 Å². The summed E-state index contributed by atoms with van der Waals surface area (Å²) in [4.78, 5) is 17.3. The van der Waals surface area contributed by atoms with Crippen LogP contribution in [-0.2, 0) is 18.3 Å². The number of hydrogen-bond donors (Lipinski definition) is 0. The highest BCUT2D eigenvalue weighted by Crippen LogP contribution is 2.43. The van der Waals surface area contributed by atoms with Gasteiger partial charge in [-0.3, -0.25) is 14.4 Å². The first-order valence-corrected chi connectivity index (χ1v) is 10.1. The van der Waals surface area contributed by atoms with Crippen molar-refractivity contribution in [3.05, 3.63) is 53.9 Å². The number of rotatable bonds is 4. The fraction of sp³-hybridized carbons (Fsp3) is 0.545. The van der Waals surface area contributed by atoms with E-state index in [9.17, 15) is 4.79 Å². The number of likely N-dealkylation sites (tertiary alicyclic amines) is 2. The fourth-order valence-corrected chi connectivity index (χ4v) is 4.92. The number of aryl methyl sites for hydroxylation is 2. The van der Waals surface area contributed by atoms with Crippen LogP contribution in [0.3, 0.4) is 0 Å². The van der Waals surface area contributed by atoms with E-state index < -0.39 is 0 Å². The molecule has 0 bridgehead atoms. The molecule has 0 N–H and O–H groups in total. The average Bonchev–Trinajstić information content (AvgIpc) is 3.25. The van der Waals surface area contributed by atoms with Crippen molar-refractivity contribution in [2.24, 2.45) is 7.05 Å². The zero-order valence-electron chi connectivity index (χ0n) is 16.5. The number of likely N-dealkylation sites (N-methyl/N-ethyl adjacent to an activating group) is 1. The number of nitrogens with zero attached hydrogens (tertiary/aromatic N) is 4. The van der Waals surface area contributed by atoms with Crippen LogP contribution in [0.4, 0.5) is 0 Å². The molecule has 0 saturated carbocycles. The summed E-state index contributed by atoms with van der Waals surface area (Å²) in [5.41, 5.74) is 2.86. The van der Waals surface area contributed by atoms with Crippen LogP contribution < -0.4 is 0 Å². The summed E-state index contributed by atoms with van der Waals surface area (Å²) in [6.07, 6.45) is 8.61. The molecule has 3 heterocycles. The predicted molar refractivity (Wildman–Crippen MR) is 107 cm³/mol. The zero-order valence-corrected chi connectivity index (χ0v) is 16.5. The molecule has 2 aromatic rings. The molecule has 2 aliphatic rings. The summed E-state index contributed by atoms with van der Waals surface area (Å²) in [6.45, 7) is 2.90. The van der Waals surface area contributed by atoms with Crippen molar-refractivity contribution in [3.8, 4) is 0 Å². The maximum Gasteiger partial charge on any atom is 0.222 e. The van der Waals surface area contributed by atoms with Crippen molar-refractivity contribution in [1.82, 2.24) is 19.6 Å². The van der Waals surface area contributed by atoms with Crippen molar-refractivity contribution >= 4 is 5.91 Å². The average molecular weight is 367 g/mol. The molecule has 1 aromatic carbocycles. The van der Waals surface area contributed by atoms with E-state index in [1.54, 1.807) is 4.68 Å². The minimum absolute atomic E-state index is 0.265. The second-order valence-electron chi connectivity index (χ2n) is 8.32. The quantitative estimate of drug-likeness (QED) is 0.836. The van der Waals surface area contributed by atoms with Gasteiger partial charge in [-0.1, -0.05) is 30.3 Å². The van der Waals surface area contributed by atoms with E-state index >= 15 is 0 Å². The highest BCUT2D eigenvalue weighted by Gasteiger charge is 2.46. The maximum atomic E-state index is 12.6. The lowest BCUT2D eigenvalue weighted by Crippen LogP contribution is -2.52. The Kier molecular flexibility index (Phi) is 5.04. The van der Waals surface area contributed by atoms with Crippen LogP contribution in [0.5, 0.6) is 0 Å². The van der Waals surface area contributed by atoms with E-state index in [1.165, 1.54) is 12.0 Å². The lowest BCUT2D eigenvalue weighted by atomic mass is 9.81. The predicted octanol–water partition coefficient (Wildman–Crippen LogP) is 2.83. The Hall–Kier alpha value is -2.14. The van der Waals surface area contributed by atoms with Crippen LogP contribution in [0.1, 0.15) is 42.7 Å². The topological polar surface area (TPSA) is 41.4 Å². The van der Waals surface area contributed by atoms with Crippen LogP contribution in [0.2, 0.25) is 0 Å². The van der Waals surface area contributed by atoms with E-state index in [0.717, 1.165) is 44.5 Å². The van der Waals surface area contributed by atoms with Crippen molar-refractivity contribution in [2.45, 2.75) is 43.6 Å². The number of aromatic nitrogens is 2. The third-order valence-corrected chi connectivity index (χ3v) is 6.63. The van der Waals surface area contributed by atoms with Crippen LogP contribution in [-0.4, -0.2) is 57.7 Å². The molecule has 1 aromatic heterocycles. The van der Waals surface area contributed by atoms with Gasteiger partial charge in [-0.05, 0) is 49.8 Å². The number of piperidine rings is 1. The SMILES string of the molecule is CN1C[C@H](c2ccccc2)CC12CCN(C(=O)CCc1cnn(C)c1)CC2. The summed E-state index contributed by atoms with van der Waals surface area (Å²) in [5, 5.41) is 4.18. The molecule has 2 fully saturated rings. The Morgan fingerprint density at radius 1 is 1.19 bits per heavy atom. The molecule has 27 heavy (non-hydrogen) atoms. The molecular formula is C22H30N4O. The maximum absolute atomic E-state index is 12.6. The smallest absolute Gasteiger partial charge is 0.222 e. The lowest BCUT2D eigenvalue weighted by molar-refractivity contribution is -0.133. The highest BCUT2D eigenvalue weighted by atomic mass is 16.2. The van der Waals surface area contributed by atoms with Gasteiger partial charge in [-0.2, -0.15) is 5.10 Å². The first-order valence-electron chi connectivity index (χ1n) is 10.1. The molecular weight excluding hydrogens is 336 g/mol. The number of hydrogen-bond acceptors (Lipinski definition) is 3. The monoisotopic (exact) mass is 366 g/mol. The lowest BCUT2D eigenvalue weighted by Gasteiger charge is -2.43. The summed E-state index contributed by atoms with van der Waals surface area (Å²) in [7, 11) is 4.18. The van der Waals surface area contributed by atoms with Crippen LogP contribution in [0.15, 0.2) is 42.7 Å². The van der Waals surface area contributed by atoms with E-state index in [0.29, 0.717) is 12.3 Å². The van der Waals surface area contributed by atoms with Crippen LogP contribution in [0, 0.1) is 0 Å². The van der Waals surface area contributed by atoms with E-state index in [4.69, 9.17) is 0 Å². The molecule has 0 aliphatic carbocycles. The summed E-state index contributed by atoms with van der Waals surface area (Å²) >= 11 is 0. The normalized spacial score (nSPS) is 22.4. The van der Waals surface area contributed by atoms with Gasteiger partial charge in [0.1, 0.15) is 0 Å². The van der Waals surface area contributed by atoms with Gasteiger partial charge in [-0.25, -0.2) is 0 Å². The van der Waals surface area contributed by atoms with E-state index in [1.807, 2.05) is 19.4 Å². The Morgan fingerprint density at radius 3 is 2.59 bits per heavy atom. The molecule has 1 atom stereocenters. The minimum Gasteiger partial charge on any atom is -0.343 e. The van der Waals surface area contributed by atoms with Crippen molar-refractivity contribution in [3.63, 3.8) is 0 Å². The number of amides is 1. The molecule has 2 aliphatic heterocycles. The van der Waals surface area contributed by atoms with Gasteiger partial charge in [0.15, 0.2) is 0 Å². The number of carbonyl (C=O) groups excluding carboxylic acids is 1. The first kappa shape index (κ1) is 18.2. The summed E-state index contributed by atoms with van der Waals surface area (Å²) < 4.78 is 1.80. The first-order chi connectivity index (χ1) is 13.1. The second-order valence-corrected chi connectivity index (χ2v) is 8.32. The molecule has 2 saturated heterocycles. The van der Waals surface area contributed by atoms with Gasteiger partial charge < -0.3 is 4.90 Å². The highest BCUT2D eigenvalue weighted by molar-refractivity contribution is 5.76. The zero-order chi connectivity index (χ0) is 18.9. The third kappa shape index (κ3) is 3.79. The van der Waals surface area contributed by atoms with Crippen LogP contribution >= 0.6 is 0 Å². The van der Waals surface area contributed by atoms with Crippen molar-refractivity contribution < 1.29 is 4.79 Å². The second kappa shape index (κ2) is 7.47. The Labute approximate surface area is 162 Å². The third-order valence-electron chi connectivity index (χ3n) is 6.63. The molecule has 144 valence electrons. The van der Waals surface area contributed by atoms with Gasteiger partial charge in [0.2, 0.25) is 5.91 Å². The van der Waals surface area contributed by atoms with Gasteiger partial charge in [0.25, 0.3) is 0 Å². The van der Waals surface area contributed by atoms with Crippen molar-refractivity contribution in [1.29, 1.82) is 0 Å². The molecule has 1 spiro atoms. The molecule has 5 heteroatoms. The van der Waals surface area contributed by atoms with Gasteiger partial charge in [0.05, 0.1) is 6.20 Å². The van der Waals surface area contributed by atoms with Crippen molar-refractivity contribution in [2.75, 3.05) is 26.7 Å². The molecule has 0 radical (unpaired) electrons. The Morgan fingerprint density at radius 2 is 1.93 bits per heavy atom. The van der Waals surface area contributed by atoms with Crippen LogP contribution in [0.25, 0.3) is 0 Å². The summed E-state index contributed by atoms with van der Waals surface area (Å²) in [6, 6.07) is 10.9. The minimum atomic E-state index is 0.265. The largest absolute Gasteiger partial charge is 0.343 e. The standard InChI is InChI=1S/C22H30N4O/c1-24-17-20(19-6-4-3-5-7-19)14-22(24)10-12-26(13-11-22)21(27)9-8-18-15-23-25(2)16-18/h3-7,15-16,20H,8-14,17H2,1-2H3/t20-/m1/s1. The van der Waals surface area contributed by atoms with E-state index in [2.05, 4.69) is 52.3 Å². The summed E-state index contributed by atoms with van der Waals surface area (Å²) in [5.74, 6) is 0.901. The Bertz CT molecular complexity index is 777. The molecule has 4 rings (SSSR count). The molecule has 5 nitrogen and oxygen atoms in total. The van der Waals surface area contributed by atoms with E-state index in [-0.39, 0.29) is 11.4 Å². The number of carbonyl (C=O) groups is 1. The Balaban J connectivity index is 1.32. The fourth-order valence-electron chi connectivity index (χ4n) is 4.92. The molecule has 1 amide bonds. The van der Waals surface area contributed by atoms with Gasteiger partial charge >= 0.3 is 0 Å². The number of benzene rings is 1. The molecule has 0 unspecified atom stereocenters.